The van der Waals surface area contributed by atoms with Gasteiger partial charge in [0.05, 0.1) is 6.42 Å². The lowest BCUT2D eigenvalue weighted by Gasteiger charge is -2.31. The topological polar surface area (TPSA) is 78.4 Å². The quantitative estimate of drug-likeness (QED) is 0.641. The molecule has 5 nitrogen and oxygen atoms in total. The minimum Gasteiger partial charge on any atom is -0.481 e. The summed E-state index contributed by atoms with van der Waals surface area (Å²) in [5, 5.41) is 14.3. The molecule has 0 radical (unpaired) electrons. The summed E-state index contributed by atoms with van der Waals surface area (Å²) in [6, 6.07) is -0.313. The fourth-order valence-electron chi connectivity index (χ4n) is 1.88. The third kappa shape index (κ3) is 6.71. The van der Waals surface area contributed by atoms with E-state index in [2.05, 4.69) is 24.5 Å². The molecule has 6 heteroatoms. The standard InChI is InChI=1S/C13H26N2O3S/c1-6-13(7-2,19-5)9-14-11(18)15-12(3,4)8-10(16)17/h6-9H2,1-5H3,(H,16,17)(H2,14,15,18). The summed E-state index contributed by atoms with van der Waals surface area (Å²) < 4.78 is 0.0499. The van der Waals surface area contributed by atoms with Crippen molar-refractivity contribution in [2.75, 3.05) is 12.8 Å². The van der Waals surface area contributed by atoms with E-state index in [-0.39, 0.29) is 17.2 Å². The predicted octanol–water partition coefficient (Wildman–Crippen LogP) is 2.46. The molecule has 0 unspecified atom stereocenters. The zero-order valence-electron chi connectivity index (χ0n) is 12.5. The molecule has 0 aromatic rings. The maximum Gasteiger partial charge on any atom is 0.315 e. The molecule has 0 aliphatic carbocycles. The molecule has 0 heterocycles. The van der Waals surface area contributed by atoms with Crippen molar-refractivity contribution in [3.63, 3.8) is 0 Å². The Morgan fingerprint density at radius 2 is 1.74 bits per heavy atom. The van der Waals surface area contributed by atoms with Crippen LogP contribution >= 0.6 is 11.8 Å². The smallest absolute Gasteiger partial charge is 0.315 e. The Hall–Kier alpha value is -0.910. The molecule has 2 amide bonds. The van der Waals surface area contributed by atoms with Crippen molar-refractivity contribution < 1.29 is 14.7 Å². The Bertz CT molecular complexity index is 307. The number of carboxylic acid groups (broad SMARTS) is 1. The number of carbonyl (C=O) groups is 2. The van der Waals surface area contributed by atoms with Crippen molar-refractivity contribution in [3.05, 3.63) is 0 Å². The number of hydrogen-bond acceptors (Lipinski definition) is 3. The Morgan fingerprint density at radius 3 is 2.11 bits per heavy atom. The molecule has 0 aromatic carbocycles. The van der Waals surface area contributed by atoms with Crippen LogP contribution in [-0.2, 0) is 4.79 Å². The molecule has 0 rings (SSSR count). The zero-order valence-corrected chi connectivity index (χ0v) is 13.3. The van der Waals surface area contributed by atoms with Gasteiger partial charge >= 0.3 is 12.0 Å². The normalized spacial score (nSPS) is 12.1. The van der Waals surface area contributed by atoms with Gasteiger partial charge in [0.1, 0.15) is 0 Å². The van der Waals surface area contributed by atoms with Gasteiger partial charge < -0.3 is 15.7 Å². The fourth-order valence-corrected chi connectivity index (χ4v) is 2.67. The van der Waals surface area contributed by atoms with Crippen molar-refractivity contribution in [1.82, 2.24) is 10.6 Å². The van der Waals surface area contributed by atoms with Crippen LogP contribution in [0.25, 0.3) is 0 Å². The first-order valence-electron chi connectivity index (χ1n) is 6.53. The van der Waals surface area contributed by atoms with Gasteiger partial charge in [-0.2, -0.15) is 11.8 Å². The number of carboxylic acids is 1. The van der Waals surface area contributed by atoms with E-state index in [4.69, 9.17) is 5.11 Å². The number of rotatable bonds is 8. The van der Waals surface area contributed by atoms with Gasteiger partial charge in [-0.15, -0.1) is 0 Å². The minimum atomic E-state index is -0.925. The number of carbonyl (C=O) groups excluding carboxylic acids is 1. The van der Waals surface area contributed by atoms with Gasteiger partial charge in [0.15, 0.2) is 0 Å². The van der Waals surface area contributed by atoms with Crippen molar-refractivity contribution >= 4 is 23.8 Å². The van der Waals surface area contributed by atoms with E-state index in [0.29, 0.717) is 6.54 Å². The van der Waals surface area contributed by atoms with Crippen molar-refractivity contribution in [2.45, 2.75) is 57.2 Å². The SMILES string of the molecule is CCC(CC)(CNC(=O)NC(C)(C)CC(=O)O)SC. The zero-order chi connectivity index (χ0) is 15.1. The largest absolute Gasteiger partial charge is 0.481 e. The van der Waals surface area contributed by atoms with Gasteiger partial charge in [-0.3, -0.25) is 4.79 Å². The number of hydrogen-bond donors (Lipinski definition) is 3. The summed E-state index contributed by atoms with van der Waals surface area (Å²) in [7, 11) is 0. The maximum atomic E-state index is 11.8. The number of amides is 2. The van der Waals surface area contributed by atoms with E-state index in [1.54, 1.807) is 25.6 Å². The van der Waals surface area contributed by atoms with Crippen molar-refractivity contribution in [2.24, 2.45) is 0 Å². The second-order valence-electron chi connectivity index (χ2n) is 5.36. The second-order valence-corrected chi connectivity index (χ2v) is 6.63. The summed E-state index contributed by atoms with van der Waals surface area (Å²) in [6.45, 7) is 8.18. The van der Waals surface area contributed by atoms with Gasteiger partial charge in [-0.25, -0.2) is 4.79 Å². The van der Waals surface area contributed by atoms with Crippen LogP contribution in [0.15, 0.2) is 0 Å². The van der Waals surface area contributed by atoms with E-state index in [0.717, 1.165) is 12.8 Å². The average Bonchev–Trinajstić information content (AvgIpc) is 2.29. The van der Waals surface area contributed by atoms with E-state index in [9.17, 15) is 9.59 Å². The highest BCUT2D eigenvalue weighted by Gasteiger charge is 2.27. The molecule has 0 aliphatic heterocycles. The Balaban J connectivity index is 4.36. The first-order valence-corrected chi connectivity index (χ1v) is 7.75. The first kappa shape index (κ1) is 18.1. The lowest BCUT2D eigenvalue weighted by atomic mass is 10.0. The molecule has 0 saturated carbocycles. The van der Waals surface area contributed by atoms with Crippen LogP contribution < -0.4 is 10.6 Å². The van der Waals surface area contributed by atoms with Crippen LogP contribution in [0, 0.1) is 0 Å². The van der Waals surface area contributed by atoms with Gasteiger partial charge in [0.25, 0.3) is 0 Å². The lowest BCUT2D eigenvalue weighted by Crippen LogP contribution is -2.52. The van der Waals surface area contributed by atoms with Crippen LogP contribution in [0.4, 0.5) is 4.79 Å². The molecule has 0 saturated heterocycles. The molecular formula is C13H26N2O3S. The molecular weight excluding hydrogens is 264 g/mol. The van der Waals surface area contributed by atoms with Crippen molar-refractivity contribution in [1.29, 1.82) is 0 Å². The molecule has 19 heavy (non-hydrogen) atoms. The summed E-state index contributed by atoms with van der Waals surface area (Å²) in [6.07, 6.45) is 3.89. The van der Waals surface area contributed by atoms with Crippen LogP contribution in [0.5, 0.6) is 0 Å². The monoisotopic (exact) mass is 290 g/mol. The summed E-state index contributed by atoms with van der Waals surface area (Å²) >= 11 is 1.75. The highest BCUT2D eigenvalue weighted by atomic mass is 32.2. The molecule has 0 atom stereocenters. The molecule has 112 valence electrons. The first-order chi connectivity index (χ1) is 8.70. The Kier molecular flexibility index (Phi) is 7.26. The number of urea groups is 1. The van der Waals surface area contributed by atoms with Crippen LogP contribution in [0.1, 0.15) is 47.0 Å². The van der Waals surface area contributed by atoms with Crippen molar-refractivity contribution in [3.8, 4) is 0 Å². The minimum absolute atomic E-state index is 0.0499. The molecule has 0 spiro atoms. The molecule has 0 bridgehead atoms. The number of aliphatic carboxylic acids is 1. The Labute approximate surface area is 119 Å². The number of thioether (sulfide) groups is 1. The molecule has 3 N–H and O–H groups in total. The predicted molar refractivity (Wildman–Crippen MR) is 79.7 cm³/mol. The van der Waals surface area contributed by atoms with Gasteiger partial charge in [-0.05, 0) is 32.9 Å². The van der Waals surface area contributed by atoms with E-state index in [1.807, 2.05) is 6.26 Å². The summed E-state index contributed by atoms with van der Waals surface area (Å²) in [5.74, 6) is -0.925. The van der Waals surface area contributed by atoms with Gasteiger partial charge in [0.2, 0.25) is 0 Å². The average molecular weight is 290 g/mol. The van der Waals surface area contributed by atoms with Crippen LogP contribution in [-0.4, -0.2) is 40.2 Å². The third-order valence-corrected chi connectivity index (χ3v) is 4.93. The highest BCUT2D eigenvalue weighted by molar-refractivity contribution is 8.00. The maximum absolute atomic E-state index is 11.8. The highest BCUT2D eigenvalue weighted by Crippen LogP contribution is 2.29. The number of nitrogens with one attached hydrogen (secondary N) is 2. The summed E-state index contributed by atoms with van der Waals surface area (Å²) in [5.41, 5.74) is -0.754. The van der Waals surface area contributed by atoms with Crippen LogP contribution in [0.2, 0.25) is 0 Å². The van der Waals surface area contributed by atoms with E-state index >= 15 is 0 Å². The Morgan fingerprint density at radius 1 is 1.21 bits per heavy atom. The van der Waals surface area contributed by atoms with E-state index < -0.39 is 11.5 Å². The fraction of sp³-hybridized carbons (Fsp3) is 0.846. The van der Waals surface area contributed by atoms with Gasteiger partial charge in [0, 0.05) is 16.8 Å². The lowest BCUT2D eigenvalue weighted by molar-refractivity contribution is -0.138. The molecule has 0 fully saturated rings. The van der Waals surface area contributed by atoms with Gasteiger partial charge in [-0.1, -0.05) is 13.8 Å². The molecule has 0 aliphatic rings. The van der Waals surface area contributed by atoms with E-state index in [1.165, 1.54) is 0 Å². The van der Waals surface area contributed by atoms with Crippen LogP contribution in [0.3, 0.4) is 0 Å². The third-order valence-electron chi connectivity index (χ3n) is 3.34. The molecule has 0 aromatic heterocycles. The second kappa shape index (κ2) is 7.62. The summed E-state index contributed by atoms with van der Waals surface area (Å²) in [4.78, 5) is 22.5.